The summed E-state index contributed by atoms with van der Waals surface area (Å²) in [4.78, 5) is 5.23. The molecule has 0 unspecified atom stereocenters. The normalized spacial score (nSPS) is 17.8. The van der Waals surface area contributed by atoms with Crippen molar-refractivity contribution in [3.63, 3.8) is 0 Å². The van der Waals surface area contributed by atoms with Crippen LogP contribution in [0.15, 0.2) is 24.3 Å². The molecule has 1 heterocycles. The van der Waals surface area contributed by atoms with Crippen molar-refractivity contribution in [2.45, 2.75) is 6.54 Å². The second-order valence-electron chi connectivity index (χ2n) is 4.69. The smallest absolute Gasteiger partial charge is 0.115 e. The monoisotopic (exact) mass is 265 g/mol. The number of hydrogen-bond acceptors (Lipinski definition) is 4. The quantitative estimate of drug-likeness (QED) is 0.789. The molecule has 0 atom stereocenters. The average Bonchev–Trinajstić information content (AvgIpc) is 2.31. The first-order valence-corrected chi connectivity index (χ1v) is 6.55. The van der Waals surface area contributed by atoms with E-state index in [1.54, 1.807) is 6.07 Å². The summed E-state index contributed by atoms with van der Waals surface area (Å²) in [7, 11) is 0. The van der Waals surface area contributed by atoms with Gasteiger partial charge in [0.2, 0.25) is 0 Å². The zero-order valence-electron chi connectivity index (χ0n) is 10.4. The van der Waals surface area contributed by atoms with Crippen molar-refractivity contribution < 1.29 is 5.11 Å². The average molecular weight is 265 g/mol. The van der Waals surface area contributed by atoms with Gasteiger partial charge in [-0.15, -0.1) is 0 Å². The minimum Gasteiger partial charge on any atom is -0.508 e. The van der Waals surface area contributed by atoms with E-state index in [0.29, 0.717) is 10.7 Å². The molecule has 1 aliphatic rings. The van der Waals surface area contributed by atoms with Crippen LogP contribution in [0.3, 0.4) is 0 Å². The van der Waals surface area contributed by atoms with Gasteiger partial charge in [0.25, 0.3) is 0 Å². The van der Waals surface area contributed by atoms with Crippen molar-refractivity contribution in [1.82, 2.24) is 9.80 Å². The predicted molar refractivity (Wildman–Crippen MR) is 76.6 cm³/mol. The Labute approximate surface area is 113 Å². The number of phenols is 1. The Balaban J connectivity index is 1.81. The van der Waals surface area contributed by atoms with E-state index < -0.39 is 0 Å². The Bertz CT molecular complexity index is 416. The van der Waals surface area contributed by atoms with Crippen LogP contribution in [-0.2, 0) is 6.54 Å². The van der Waals surface area contributed by atoms with E-state index in [2.05, 4.69) is 9.80 Å². The Kier molecular flexibility index (Phi) is 4.52. The number of phenolic OH excluding ortho intramolecular Hbond substituents is 1. The van der Waals surface area contributed by atoms with Crippen LogP contribution in [0.2, 0.25) is 0 Å². The molecular weight excluding hydrogens is 246 g/mol. The van der Waals surface area contributed by atoms with Gasteiger partial charge in [-0.25, -0.2) is 0 Å². The van der Waals surface area contributed by atoms with Gasteiger partial charge in [-0.3, -0.25) is 9.80 Å². The van der Waals surface area contributed by atoms with Gasteiger partial charge in [-0.1, -0.05) is 24.4 Å². The third-order valence-corrected chi connectivity index (χ3v) is 3.29. The fourth-order valence-electron chi connectivity index (χ4n) is 2.24. The number of thiocarbonyl (C=S) groups is 1. The second-order valence-corrected chi connectivity index (χ2v) is 5.21. The van der Waals surface area contributed by atoms with E-state index >= 15 is 0 Å². The van der Waals surface area contributed by atoms with Gasteiger partial charge < -0.3 is 10.8 Å². The minimum atomic E-state index is 0.333. The molecule has 1 aromatic carbocycles. The van der Waals surface area contributed by atoms with Crippen molar-refractivity contribution in [3.05, 3.63) is 29.8 Å². The molecular formula is C13H19N3OS. The maximum absolute atomic E-state index is 9.43. The molecule has 1 fully saturated rings. The van der Waals surface area contributed by atoms with E-state index in [1.807, 2.05) is 18.2 Å². The van der Waals surface area contributed by atoms with E-state index in [1.165, 1.54) is 0 Å². The summed E-state index contributed by atoms with van der Waals surface area (Å²) in [5.41, 5.74) is 6.70. The highest BCUT2D eigenvalue weighted by molar-refractivity contribution is 7.80. The summed E-state index contributed by atoms with van der Waals surface area (Å²) < 4.78 is 0. The Morgan fingerprint density at radius 1 is 1.22 bits per heavy atom. The molecule has 0 aliphatic carbocycles. The lowest BCUT2D eigenvalue weighted by Gasteiger charge is -2.34. The number of piperazine rings is 1. The first-order valence-electron chi connectivity index (χ1n) is 6.14. The SMILES string of the molecule is NC(=S)CN1CCN(Cc2cccc(O)c2)CC1. The van der Waals surface area contributed by atoms with Crippen LogP contribution in [0, 0.1) is 0 Å². The van der Waals surface area contributed by atoms with E-state index in [0.717, 1.165) is 44.8 Å². The molecule has 5 heteroatoms. The summed E-state index contributed by atoms with van der Waals surface area (Å²) >= 11 is 4.92. The maximum Gasteiger partial charge on any atom is 0.115 e. The first-order chi connectivity index (χ1) is 8.63. The molecule has 3 N–H and O–H groups in total. The fourth-order valence-corrected chi connectivity index (χ4v) is 2.42. The molecule has 0 amide bonds. The Morgan fingerprint density at radius 2 is 1.89 bits per heavy atom. The highest BCUT2D eigenvalue weighted by atomic mass is 32.1. The van der Waals surface area contributed by atoms with Gasteiger partial charge in [-0.05, 0) is 17.7 Å². The van der Waals surface area contributed by atoms with Crippen molar-refractivity contribution in [2.24, 2.45) is 5.73 Å². The highest BCUT2D eigenvalue weighted by Gasteiger charge is 2.17. The van der Waals surface area contributed by atoms with Crippen LogP contribution in [0.1, 0.15) is 5.56 Å². The zero-order valence-corrected chi connectivity index (χ0v) is 11.2. The van der Waals surface area contributed by atoms with Gasteiger partial charge in [0.05, 0.1) is 4.99 Å². The summed E-state index contributed by atoms with van der Waals surface area (Å²) in [5, 5.41) is 9.43. The number of aromatic hydroxyl groups is 1. The minimum absolute atomic E-state index is 0.333. The predicted octanol–water partition coefficient (Wildman–Crippen LogP) is 0.796. The fraction of sp³-hybridized carbons (Fsp3) is 0.462. The van der Waals surface area contributed by atoms with E-state index in [-0.39, 0.29) is 0 Å². The maximum atomic E-state index is 9.43. The van der Waals surface area contributed by atoms with Gasteiger partial charge in [-0.2, -0.15) is 0 Å². The summed E-state index contributed by atoms with van der Waals surface area (Å²) in [6.07, 6.45) is 0. The summed E-state index contributed by atoms with van der Waals surface area (Å²) in [6, 6.07) is 7.44. The van der Waals surface area contributed by atoms with E-state index in [9.17, 15) is 5.11 Å². The highest BCUT2D eigenvalue weighted by Crippen LogP contribution is 2.14. The summed E-state index contributed by atoms with van der Waals surface area (Å²) in [5.74, 6) is 0.333. The Hall–Kier alpha value is -1.17. The van der Waals surface area contributed by atoms with Gasteiger partial charge in [0, 0.05) is 39.3 Å². The Morgan fingerprint density at radius 3 is 2.50 bits per heavy atom. The molecule has 0 radical (unpaired) electrons. The third kappa shape index (κ3) is 3.94. The van der Waals surface area contributed by atoms with Crippen molar-refractivity contribution >= 4 is 17.2 Å². The summed E-state index contributed by atoms with van der Waals surface area (Å²) in [6.45, 7) is 5.62. The number of benzene rings is 1. The molecule has 0 saturated carbocycles. The molecule has 4 nitrogen and oxygen atoms in total. The standard InChI is InChI=1S/C13H19N3OS/c14-13(18)10-16-6-4-15(5-7-16)9-11-2-1-3-12(17)8-11/h1-3,8,17H,4-7,9-10H2,(H2,14,18). The molecule has 0 bridgehead atoms. The van der Waals surface area contributed by atoms with Crippen molar-refractivity contribution in [2.75, 3.05) is 32.7 Å². The number of rotatable bonds is 4. The topological polar surface area (TPSA) is 52.7 Å². The second kappa shape index (κ2) is 6.13. The molecule has 98 valence electrons. The largest absolute Gasteiger partial charge is 0.508 e. The third-order valence-electron chi connectivity index (χ3n) is 3.16. The van der Waals surface area contributed by atoms with Crippen LogP contribution in [-0.4, -0.2) is 52.6 Å². The van der Waals surface area contributed by atoms with Crippen LogP contribution in [0.5, 0.6) is 5.75 Å². The van der Waals surface area contributed by atoms with Gasteiger partial charge in [0.15, 0.2) is 0 Å². The van der Waals surface area contributed by atoms with Gasteiger partial charge >= 0.3 is 0 Å². The van der Waals surface area contributed by atoms with Crippen molar-refractivity contribution in [3.8, 4) is 5.75 Å². The van der Waals surface area contributed by atoms with Gasteiger partial charge in [0.1, 0.15) is 5.75 Å². The zero-order chi connectivity index (χ0) is 13.0. The van der Waals surface area contributed by atoms with Crippen LogP contribution >= 0.6 is 12.2 Å². The lowest BCUT2D eigenvalue weighted by Crippen LogP contribution is -2.48. The molecule has 1 aromatic rings. The molecule has 2 rings (SSSR count). The lowest BCUT2D eigenvalue weighted by molar-refractivity contribution is 0.140. The number of nitrogens with two attached hydrogens (primary N) is 1. The first kappa shape index (κ1) is 13.3. The van der Waals surface area contributed by atoms with Crippen LogP contribution in [0.4, 0.5) is 0 Å². The number of nitrogens with zero attached hydrogens (tertiary/aromatic N) is 2. The lowest BCUT2D eigenvalue weighted by atomic mass is 10.2. The molecule has 0 spiro atoms. The molecule has 1 aliphatic heterocycles. The molecule has 18 heavy (non-hydrogen) atoms. The molecule has 0 aromatic heterocycles. The number of hydrogen-bond donors (Lipinski definition) is 2. The van der Waals surface area contributed by atoms with E-state index in [4.69, 9.17) is 18.0 Å². The van der Waals surface area contributed by atoms with Crippen LogP contribution < -0.4 is 5.73 Å². The van der Waals surface area contributed by atoms with Crippen LogP contribution in [0.25, 0.3) is 0 Å². The van der Waals surface area contributed by atoms with Crippen molar-refractivity contribution in [1.29, 1.82) is 0 Å². The molecule has 1 saturated heterocycles.